The van der Waals surface area contributed by atoms with Crippen molar-refractivity contribution in [2.24, 2.45) is 0 Å². The largest absolute Gasteiger partial charge is 0.383 e. The molecule has 2 N–H and O–H groups in total. The Hall–Kier alpha value is -1.51. The lowest BCUT2D eigenvalue weighted by Crippen LogP contribution is -2.29. The van der Waals surface area contributed by atoms with Crippen LogP contribution < -0.4 is 11.4 Å². The summed E-state index contributed by atoms with van der Waals surface area (Å²) < 4.78 is 36.4. The minimum absolute atomic E-state index is 0.180. The lowest BCUT2D eigenvalue weighted by Gasteiger charge is -2.26. The minimum Gasteiger partial charge on any atom is -0.383 e. The highest BCUT2D eigenvalue weighted by Crippen LogP contribution is 2.49. The zero-order valence-corrected chi connectivity index (χ0v) is 17.4. The molecule has 9 nitrogen and oxygen atoms in total. The van der Waals surface area contributed by atoms with E-state index in [4.69, 9.17) is 24.3 Å². The Morgan fingerprint density at radius 3 is 2.75 bits per heavy atom. The molecule has 0 saturated carbocycles. The number of hydrogen-bond donors (Lipinski definition) is 1. The average Bonchev–Trinajstić information content (AvgIpc) is 2.66. The van der Waals surface area contributed by atoms with Gasteiger partial charge in [0.1, 0.15) is 5.82 Å². The minimum atomic E-state index is -3.34. The third kappa shape index (κ3) is 7.48. The van der Waals surface area contributed by atoms with Crippen LogP contribution in [0.2, 0.25) is 0 Å². The van der Waals surface area contributed by atoms with Crippen molar-refractivity contribution >= 4 is 13.4 Å². The summed E-state index contributed by atoms with van der Waals surface area (Å²) in [5, 5.41) is 0. The van der Waals surface area contributed by atoms with Gasteiger partial charge in [0.25, 0.3) is 0 Å². The molecule has 1 aromatic rings. The summed E-state index contributed by atoms with van der Waals surface area (Å²) >= 11 is 0. The maximum Gasteiger partial charge on any atom is 0.353 e. The van der Waals surface area contributed by atoms with Crippen molar-refractivity contribution in [2.45, 2.75) is 58.5 Å². The molecular weight excluding hydrogens is 385 g/mol. The molecule has 0 spiro atoms. The van der Waals surface area contributed by atoms with Gasteiger partial charge in [-0.25, -0.2) is 4.79 Å². The lowest BCUT2D eigenvalue weighted by atomic mass is 10.2. The van der Waals surface area contributed by atoms with Crippen molar-refractivity contribution in [3.63, 3.8) is 0 Å². The van der Waals surface area contributed by atoms with Crippen molar-refractivity contribution in [1.29, 1.82) is 0 Å². The highest BCUT2D eigenvalue weighted by Gasteiger charge is 2.22. The van der Waals surface area contributed by atoms with Gasteiger partial charge in [0.15, 0.2) is 6.29 Å². The highest BCUT2D eigenvalue weighted by molar-refractivity contribution is 7.57. The molecule has 0 unspecified atom stereocenters. The molecule has 0 bridgehead atoms. The molecular formula is C18H30N3O6P. The lowest BCUT2D eigenvalue weighted by molar-refractivity contribution is -0.179. The number of nitrogen functional groups attached to an aromatic ring is 1. The first kappa shape index (κ1) is 22.8. The van der Waals surface area contributed by atoms with Crippen LogP contribution in [0.4, 0.5) is 5.82 Å². The molecule has 0 amide bonds. The van der Waals surface area contributed by atoms with Crippen LogP contribution >= 0.6 is 7.60 Å². The zero-order valence-electron chi connectivity index (χ0n) is 16.5. The number of hydrogen-bond acceptors (Lipinski definition) is 8. The van der Waals surface area contributed by atoms with E-state index in [-0.39, 0.29) is 25.3 Å². The second-order valence-corrected chi connectivity index (χ2v) is 8.20. The zero-order chi connectivity index (χ0) is 20.4. The van der Waals surface area contributed by atoms with Crippen LogP contribution in [0.15, 0.2) is 29.0 Å². The van der Waals surface area contributed by atoms with Gasteiger partial charge in [0, 0.05) is 25.2 Å². The van der Waals surface area contributed by atoms with Crippen LogP contribution in [0.5, 0.6) is 0 Å². The van der Waals surface area contributed by atoms with Crippen LogP contribution in [-0.2, 0) is 29.6 Å². The summed E-state index contributed by atoms with van der Waals surface area (Å²) in [5.41, 5.74) is 5.10. The summed E-state index contributed by atoms with van der Waals surface area (Å²) in [6.07, 6.45) is 5.79. The smallest absolute Gasteiger partial charge is 0.353 e. The van der Waals surface area contributed by atoms with Crippen LogP contribution in [0.3, 0.4) is 0 Å². The molecule has 28 heavy (non-hydrogen) atoms. The maximum atomic E-state index is 12.7. The predicted molar refractivity (Wildman–Crippen MR) is 106 cm³/mol. The number of ether oxygens (including phenoxy) is 2. The van der Waals surface area contributed by atoms with Gasteiger partial charge in [-0.1, -0.05) is 0 Å². The molecule has 1 fully saturated rings. The van der Waals surface area contributed by atoms with Gasteiger partial charge in [0.05, 0.1) is 19.3 Å². The average molecular weight is 415 g/mol. The highest BCUT2D eigenvalue weighted by atomic mass is 31.2. The molecule has 0 aliphatic carbocycles. The normalized spacial score (nSPS) is 19.1. The number of aromatic nitrogens is 2. The molecule has 1 aromatic heterocycles. The number of aryl methyl sites for hydroxylation is 1. The first-order valence-electron chi connectivity index (χ1n) is 9.64. The van der Waals surface area contributed by atoms with Gasteiger partial charge < -0.3 is 24.3 Å². The van der Waals surface area contributed by atoms with Crippen LogP contribution in [0, 0.1) is 0 Å². The number of nitrogens with zero attached hydrogens (tertiary/aromatic N) is 2. The molecule has 158 valence electrons. The predicted octanol–water partition coefficient (Wildman–Crippen LogP) is 2.91. The third-order valence-corrected chi connectivity index (χ3v) is 5.89. The van der Waals surface area contributed by atoms with Gasteiger partial charge in [-0.15, -0.1) is 0 Å². The number of nitrogens with two attached hydrogens (primary N) is 1. The maximum absolute atomic E-state index is 12.7. The molecule has 1 aliphatic heterocycles. The Morgan fingerprint density at radius 1 is 1.39 bits per heavy atom. The molecule has 2 rings (SSSR count). The fourth-order valence-corrected chi connectivity index (χ4v) is 4.16. The van der Waals surface area contributed by atoms with Gasteiger partial charge in [-0.2, -0.15) is 4.98 Å². The van der Waals surface area contributed by atoms with E-state index in [1.807, 2.05) is 0 Å². The molecule has 1 saturated heterocycles. The summed E-state index contributed by atoms with van der Waals surface area (Å²) in [6.45, 7) is 5.06. The molecule has 0 radical (unpaired) electrons. The van der Waals surface area contributed by atoms with E-state index in [9.17, 15) is 9.36 Å². The van der Waals surface area contributed by atoms with Gasteiger partial charge >= 0.3 is 13.3 Å². The summed E-state index contributed by atoms with van der Waals surface area (Å²) in [4.78, 5) is 15.7. The molecule has 10 heteroatoms. The van der Waals surface area contributed by atoms with Crippen LogP contribution in [-0.4, -0.2) is 41.8 Å². The second-order valence-electron chi connectivity index (χ2n) is 6.30. The van der Waals surface area contributed by atoms with E-state index >= 15 is 0 Å². The van der Waals surface area contributed by atoms with E-state index in [0.717, 1.165) is 19.3 Å². The Balaban J connectivity index is 2.09. The third-order valence-electron chi connectivity index (χ3n) is 4.12. The van der Waals surface area contributed by atoms with E-state index in [1.54, 1.807) is 32.2 Å². The number of anilines is 1. The SMILES string of the molecule is CCOP(=O)(/C=C/[C@@H](CCn1ccc(N)nc1=O)O[C@H]1CCCCO1)OCC. The standard InChI is InChI=1S/C18H30N3O6P/c1-3-25-28(23,26-4-2)14-10-15(27-17-7-5-6-13-24-17)8-11-21-12-9-16(19)20-18(21)22/h9-10,12,14-15,17H,3-8,11,13H2,1-2H3,(H2,19,20,22)/b14-10+/t15-,17+/m1/s1. The van der Waals surface area contributed by atoms with Crippen molar-refractivity contribution in [3.05, 3.63) is 34.6 Å². The fraction of sp³-hybridized carbons (Fsp3) is 0.667. The van der Waals surface area contributed by atoms with Gasteiger partial charge in [-0.05, 0) is 51.7 Å². The second kappa shape index (κ2) is 11.5. The van der Waals surface area contributed by atoms with Crippen molar-refractivity contribution in [3.8, 4) is 0 Å². The number of rotatable bonds is 11. The summed E-state index contributed by atoms with van der Waals surface area (Å²) in [5.74, 6) is 1.61. The Morgan fingerprint density at radius 2 is 2.14 bits per heavy atom. The Kier molecular flexibility index (Phi) is 9.34. The quantitative estimate of drug-likeness (QED) is 0.549. The van der Waals surface area contributed by atoms with Crippen molar-refractivity contribution in [2.75, 3.05) is 25.6 Å². The monoisotopic (exact) mass is 415 g/mol. The molecule has 2 heterocycles. The van der Waals surface area contributed by atoms with Crippen molar-refractivity contribution in [1.82, 2.24) is 9.55 Å². The Bertz CT molecular complexity index is 722. The summed E-state index contributed by atoms with van der Waals surface area (Å²) in [6, 6.07) is 1.57. The molecule has 0 aromatic carbocycles. The topological polar surface area (TPSA) is 115 Å². The fourth-order valence-electron chi connectivity index (χ4n) is 2.79. The van der Waals surface area contributed by atoms with E-state index < -0.39 is 19.4 Å². The first-order valence-corrected chi connectivity index (χ1v) is 11.2. The van der Waals surface area contributed by atoms with Crippen molar-refractivity contribution < 1.29 is 23.1 Å². The molecule has 1 aliphatic rings. The van der Waals surface area contributed by atoms with Gasteiger partial charge in [-0.3, -0.25) is 9.13 Å². The van der Waals surface area contributed by atoms with Crippen LogP contribution in [0.1, 0.15) is 39.5 Å². The Labute approximate surface area is 165 Å². The van der Waals surface area contributed by atoms with Crippen LogP contribution in [0.25, 0.3) is 0 Å². The molecule has 2 atom stereocenters. The van der Waals surface area contributed by atoms with E-state index in [0.29, 0.717) is 19.6 Å². The summed E-state index contributed by atoms with van der Waals surface area (Å²) in [7, 11) is -3.34. The first-order chi connectivity index (χ1) is 13.5. The van der Waals surface area contributed by atoms with E-state index in [2.05, 4.69) is 4.98 Å². The van der Waals surface area contributed by atoms with E-state index in [1.165, 1.54) is 10.4 Å². The van der Waals surface area contributed by atoms with Gasteiger partial charge in [0.2, 0.25) is 0 Å².